The summed E-state index contributed by atoms with van der Waals surface area (Å²) in [6.07, 6.45) is 1.07. The second-order valence-corrected chi connectivity index (χ2v) is 6.45. The summed E-state index contributed by atoms with van der Waals surface area (Å²) in [4.78, 5) is 0. The first-order chi connectivity index (χ1) is 7.76. The lowest BCUT2D eigenvalue weighted by Crippen LogP contribution is -2.26. The van der Waals surface area contributed by atoms with Crippen LogP contribution in [0.1, 0.15) is 44.6 Å². The number of hydrogen-bond acceptors (Lipinski definition) is 1. The Morgan fingerprint density at radius 2 is 1.88 bits per heavy atom. The van der Waals surface area contributed by atoms with E-state index in [2.05, 4.69) is 52.2 Å². The van der Waals surface area contributed by atoms with E-state index in [4.69, 9.17) is 5.73 Å². The van der Waals surface area contributed by atoms with E-state index in [-0.39, 0.29) is 5.41 Å². The Balaban J connectivity index is 2.96. The number of nitrogens with zero attached hydrogens (tertiary/aromatic N) is 1. The average molecular weight is 236 g/mol. The van der Waals surface area contributed by atoms with Crippen LogP contribution in [0, 0.1) is 25.2 Å². The quantitative estimate of drug-likeness (QED) is 0.835. The molecule has 0 radical (unpaired) electrons. The van der Waals surface area contributed by atoms with Gasteiger partial charge in [-0.15, -0.1) is 0 Å². The van der Waals surface area contributed by atoms with Crippen LogP contribution in [0.2, 0.25) is 0 Å². The van der Waals surface area contributed by atoms with Crippen LogP contribution in [-0.4, -0.2) is 11.1 Å². The zero-order valence-electron chi connectivity index (χ0n) is 12.3. The summed E-state index contributed by atoms with van der Waals surface area (Å²) < 4.78 is 2.44. The van der Waals surface area contributed by atoms with Gasteiger partial charge in [-0.25, -0.2) is 0 Å². The highest BCUT2D eigenvalue weighted by molar-refractivity contribution is 5.27. The number of hydrogen-bond donors (Lipinski definition) is 1. The maximum absolute atomic E-state index is 5.82. The first-order valence-corrected chi connectivity index (χ1v) is 6.62. The molecule has 0 aromatic carbocycles. The summed E-state index contributed by atoms with van der Waals surface area (Å²) in [6.45, 7) is 15.3. The second kappa shape index (κ2) is 5.26. The first-order valence-electron chi connectivity index (χ1n) is 6.62. The molecule has 1 heterocycles. The number of aryl methyl sites for hydroxylation is 1. The molecule has 1 aromatic rings. The first kappa shape index (κ1) is 14.3. The van der Waals surface area contributed by atoms with Crippen LogP contribution >= 0.6 is 0 Å². The van der Waals surface area contributed by atoms with Crippen molar-refractivity contribution in [2.75, 3.05) is 6.54 Å². The summed E-state index contributed by atoms with van der Waals surface area (Å²) in [6, 6.07) is 2.33. The standard InChI is InChI=1S/C15H28N2/c1-11(2)9-17-12(3)7-14(13(17)4)8-15(5,6)10-16/h7,11H,8-10,16H2,1-6H3. The maximum atomic E-state index is 5.82. The van der Waals surface area contributed by atoms with Crippen molar-refractivity contribution in [3.63, 3.8) is 0 Å². The number of nitrogens with two attached hydrogens (primary N) is 1. The predicted octanol–water partition coefficient (Wildman–Crippen LogP) is 3.29. The van der Waals surface area contributed by atoms with Crippen molar-refractivity contribution in [1.82, 2.24) is 4.57 Å². The molecule has 0 bridgehead atoms. The Hall–Kier alpha value is -0.760. The summed E-state index contributed by atoms with van der Waals surface area (Å²) in [5, 5.41) is 0. The monoisotopic (exact) mass is 236 g/mol. The molecule has 0 atom stereocenters. The van der Waals surface area contributed by atoms with Crippen LogP contribution in [0.25, 0.3) is 0 Å². The lowest BCUT2D eigenvalue weighted by atomic mass is 9.86. The van der Waals surface area contributed by atoms with Crippen molar-refractivity contribution in [3.05, 3.63) is 23.0 Å². The summed E-state index contributed by atoms with van der Waals surface area (Å²) in [5.41, 5.74) is 10.3. The maximum Gasteiger partial charge on any atom is 0.0247 e. The van der Waals surface area contributed by atoms with E-state index in [0.29, 0.717) is 5.92 Å². The lowest BCUT2D eigenvalue weighted by Gasteiger charge is -2.22. The largest absolute Gasteiger partial charge is 0.349 e. The molecule has 0 fully saturated rings. The van der Waals surface area contributed by atoms with Crippen molar-refractivity contribution in [3.8, 4) is 0 Å². The fourth-order valence-electron chi connectivity index (χ4n) is 2.29. The molecule has 1 aromatic heterocycles. The van der Waals surface area contributed by atoms with Gasteiger partial charge in [0.05, 0.1) is 0 Å². The van der Waals surface area contributed by atoms with E-state index in [1.54, 1.807) is 0 Å². The van der Waals surface area contributed by atoms with Gasteiger partial charge in [-0.2, -0.15) is 0 Å². The van der Waals surface area contributed by atoms with Gasteiger partial charge in [0.2, 0.25) is 0 Å². The van der Waals surface area contributed by atoms with Crippen LogP contribution in [0.4, 0.5) is 0 Å². The molecule has 2 nitrogen and oxygen atoms in total. The molecule has 0 aliphatic rings. The van der Waals surface area contributed by atoms with Crippen molar-refractivity contribution >= 4 is 0 Å². The molecular formula is C15H28N2. The Kier molecular flexibility index (Phi) is 4.42. The molecule has 0 spiro atoms. The lowest BCUT2D eigenvalue weighted by molar-refractivity contribution is 0.375. The van der Waals surface area contributed by atoms with E-state index in [1.807, 2.05) is 0 Å². The van der Waals surface area contributed by atoms with E-state index in [9.17, 15) is 0 Å². The van der Waals surface area contributed by atoms with Crippen LogP contribution in [0.3, 0.4) is 0 Å². The topological polar surface area (TPSA) is 30.9 Å². The fourth-order valence-corrected chi connectivity index (χ4v) is 2.29. The van der Waals surface area contributed by atoms with Gasteiger partial charge in [-0.05, 0) is 49.8 Å². The average Bonchev–Trinajstić information content (AvgIpc) is 2.45. The van der Waals surface area contributed by atoms with Gasteiger partial charge >= 0.3 is 0 Å². The van der Waals surface area contributed by atoms with Gasteiger partial charge in [-0.1, -0.05) is 27.7 Å². The Morgan fingerprint density at radius 3 is 2.35 bits per heavy atom. The SMILES string of the molecule is Cc1cc(CC(C)(C)CN)c(C)n1CC(C)C. The number of rotatable bonds is 5. The minimum Gasteiger partial charge on any atom is -0.349 e. The van der Waals surface area contributed by atoms with E-state index >= 15 is 0 Å². The summed E-state index contributed by atoms with van der Waals surface area (Å²) >= 11 is 0. The molecule has 0 saturated heterocycles. The molecule has 2 N–H and O–H groups in total. The van der Waals surface area contributed by atoms with Crippen LogP contribution in [-0.2, 0) is 13.0 Å². The molecular weight excluding hydrogens is 208 g/mol. The Morgan fingerprint density at radius 1 is 1.29 bits per heavy atom. The van der Waals surface area contributed by atoms with Crippen molar-refractivity contribution in [2.24, 2.45) is 17.1 Å². The Labute approximate surface area is 106 Å². The van der Waals surface area contributed by atoms with Gasteiger partial charge in [0.25, 0.3) is 0 Å². The van der Waals surface area contributed by atoms with Gasteiger partial charge in [0.1, 0.15) is 0 Å². The minimum atomic E-state index is 0.196. The molecule has 17 heavy (non-hydrogen) atoms. The van der Waals surface area contributed by atoms with Gasteiger partial charge in [0.15, 0.2) is 0 Å². The predicted molar refractivity (Wildman–Crippen MR) is 75.3 cm³/mol. The highest BCUT2D eigenvalue weighted by Crippen LogP contribution is 2.25. The number of aromatic nitrogens is 1. The zero-order valence-corrected chi connectivity index (χ0v) is 12.3. The molecule has 2 heteroatoms. The normalized spacial score (nSPS) is 12.5. The smallest absolute Gasteiger partial charge is 0.0247 e. The summed E-state index contributed by atoms with van der Waals surface area (Å²) in [7, 11) is 0. The van der Waals surface area contributed by atoms with Crippen molar-refractivity contribution in [1.29, 1.82) is 0 Å². The fraction of sp³-hybridized carbons (Fsp3) is 0.733. The van der Waals surface area contributed by atoms with Crippen LogP contribution in [0.5, 0.6) is 0 Å². The van der Waals surface area contributed by atoms with E-state index in [1.165, 1.54) is 17.0 Å². The highest BCUT2D eigenvalue weighted by atomic mass is 15.0. The van der Waals surface area contributed by atoms with Crippen molar-refractivity contribution < 1.29 is 0 Å². The third-order valence-electron chi connectivity index (χ3n) is 3.45. The van der Waals surface area contributed by atoms with Crippen molar-refractivity contribution in [2.45, 2.75) is 54.5 Å². The highest BCUT2D eigenvalue weighted by Gasteiger charge is 2.20. The zero-order chi connectivity index (χ0) is 13.2. The van der Waals surface area contributed by atoms with E-state index in [0.717, 1.165) is 19.5 Å². The molecule has 0 aliphatic heterocycles. The minimum absolute atomic E-state index is 0.196. The van der Waals surface area contributed by atoms with Crippen LogP contribution in [0.15, 0.2) is 6.07 Å². The molecule has 0 unspecified atom stereocenters. The Bertz CT molecular complexity index is 373. The van der Waals surface area contributed by atoms with Gasteiger partial charge in [0, 0.05) is 17.9 Å². The molecule has 0 amide bonds. The molecule has 1 rings (SSSR count). The third kappa shape index (κ3) is 3.60. The summed E-state index contributed by atoms with van der Waals surface area (Å²) in [5.74, 6) is 0.690. The van der Waals surface area contributed by atoms with Gasteiger partial charge in [-0.3, -0.25) is 0 Å². The van der Waals surface area contributed by atoms with Gasteiger partial charge < -0.3 is 10.3 Å². The molecule has 0 saturated carbocycles. The second-order valence-electron chi connectivity index (χ2n) is 6.45. The molecule has 0 aliphatic carbocycles. The molecule has 98 valence electrons. The van der Waals surface area contributed by atoms with E-state index < -0.39 is 0 Å². The van der Waals surface area contributed by atoms with Crippen LogP contribution < -0.4 is 5.73 Å². The third-order valence-corrected chi connectivity index (χ3v) is 3.45.